The van der Waals surface area contributed by atoms with Gasteiger partial charge in [0.05, 0.1) is 19.1 Å². The number of hydrogen-bond donors (Lipinski definition) is 1. The molecular formula is C26H30N2O5S. The molecule has 8 heteroatoms. The van der Waals surface area contributed by atoms with Crippen LogP contribution in [-0.4, -0.2) is 47.0 Å². The molecule has 0 saturated heterocycles. The molecule has 0 aliphatic heterocycles. The van der Waals surface area contributed by atoms with Gasteiger partial charge in [-0.25, -0.2) is 8.42 Å². The van der Waals surface area contributed by atoms with Gasteiger partial charge in [0, 0.05) is 24.8 Å². The maximum atomic E-state index is 12.8. The van der Waals surface area contributed by atoms with Crippen LogP contribution >= 0.6 is 0 Å². The molecule has 7 nitrogen and oxygen atoms in total. The minimum atomic E-state index is -3.72. The van der Waals surface area contributed by atoms with Crippen LogP contribution in [0, 0.1) is 13.8 Å². The van der Waals surface area contributed by atoms with Gasteiger partial charge < -0.3 is 14.4 Å². The zero-order chi connectivity index (χ0) is 24.9. The molecule has 0 atom stereocenters. The van der Waals surface area contributed by atoms with Crippen LogP contribution in [0.4, 0.5) is 5.69 Å². The molecule has 0 fully saturated rings. The van der Waals surface area contributed by atoms with Crippen LogP contribution in [0.3, 0.4) is 0 Å². The second-order valence-corrected chi connectivity index (χ2v) is 9.78. The van der Waals surface area contributed by atoms with E-state index < -0.39 is 10.0 Å². The summed E-state index contributed by atoms with van der Waals surface area (Å²) in [6.45, 7) is 4.31. The number of nitrogens with one attached hydrogen (secondary N) is 1. The molecule has 3 aromatic carbocycles. The number of benzene rings is 3. The molecule has 0 saturated carbocycles. The van der Waals surface area contributed by atoms with Crippen molar-refractivity contribution in [2.24, 2.45) is 0 Å². The average molecular weight is 483 g/mol. The summed E-state index contributed by atoms with van der Waals surface area (Å²) in [5, 5.41) is 0. The lowest BCUT2D eigenvalue weighted by atomic mass is 10.1. The summed E-state index contributed by atoms with van der Waals surface area (Å²) in [5.74, 6) is 1.15. The quantitative estimate of drug-likeness (QED) is 0.488. The Morgan fingerprint density at radius 1 is 0.882 bits per heavy atom. The Kier molecular flexibility index (Phi) is 7.83. The Hall–Kier alpha value is -3.52. The number of methoxy groups -OCH3 is 2. The number of amides is 1. The number of rotatable bonds is 9. The van der Waals surface area contributed by atoms with Gasteiger partial charge in [0.2, 0.25) is 0 Å². The molecule has 0 aromatic heterocycles. The lowest BCUT2D eigenvalue weighted by Crippen LogP contribution is -2.28. The number of sulfonamides is 1. The first kappa shape index (κ1) is 25.1. The van der Waals surface area contributed by atoms with Crippen LogP contribution in [0.2, 0.25) is 0 Å². The van der Waals surface area contributed by atoms with Crippen molar-refractivity contribution < 1.29 is 22.7 Å². The molecule has 34 heavy (non-hydrogen) atoms. The van der Waals surface area contributed by atoms with Crippen molar-refractivity contribution in [1.29, 1.82) is 0 Å². The van der Waals surface area contributed by atoms with Gasteiger partial charge in [0.15, 0.2) is 11.5 Å². The number of carbonyl (C=O) groups is 1. The van der Waals surface area contributed by atoms with Gasteiger partial charge in [0.25, 0.3) is 15.9 Å². The lowest BCUT2D eigenvalue weighted by molar-refractivity contribution is 0.0796. The van der Waals surface area contributed by atoms with E-state index in [4.69, 9.17) is 9.47 Å². The normalized spacial score (nSPS) is 11.1. The molecule has 1 amide bonds. The molecule has 0 radical (unpaired) electrons. The molecule has 1 N–H and O–H groups in total. The summed E-state index contributed by atoms with van der Waals surface area (Å²) in [6, 6.07) is 17.1. The highest BCUT2D eigenvalue weighted by molar-refractivity contribution is 7.92. The molecule has 0 aliphatic rings. The summed E-state index contributed by atoms with van der Waals surface area (Å²) >= 11 is 0. The number of carbonyl (C=O) groups excluding carboxylic acids is 1. The summed E-state index contributed by atoms with van der Waals surface area (Å²) in [4.78, 5) is 14.6. The van der Waals surface area contributed by atoms with E-state index in [1.54, 1.807) is 68.6 Å². The van der Waals surface area contributed by atoms with Gasteiger partial charge in [0.1, 0.15) is 0 Å². The van der Waals surface area contributed by atoms with Gasteiger partial charge in [-0.3, -0.25) is 9.52 Å². The summed E-state index contributed by atoms with van der Waals surface area (Å²) in [7, 11) is 1.19. The van der Waals surface area contributed by atoms with E-state index in [9.17, 15) is 13.2 Å². The predicted molar refractivity (Wildman–Crippen MR) is 133 cm³/mol. The van der Waals surface area contributed by atoms with Crippen molar-refractivity contribution in [3.8, 4) is 11.5 Å². The van der Waals surface area contributed by atoms with Crippen LogP contribution < -0.4 is 14.2 Å². The molecule has 0 unspecified atom stereocenters. The number of ether oxygens (including phenoxy) is 2. The summed E-state index contributed by atoms with van der Waals surface area (Å²) in [5.41, 5.74) is 3.82. The fourth-order valence-electron chi connectivity index (χ4n) is 3.43. The molecule has 3 rings (SSSR count). The molecule has 0 heterocycles. The number of likely N-dealkylation sites (N-methyl/N-ethyl adjacent to an activating group) is 1. The minimum absolute atomic E-state index is 0.149. The average Bonchev–Trinajstić information content (AvgIpc) is 2.83. The van der Waals surface area contributed by atoms with E-state index in [2.05, 4.69) is 4.72 Å². The van der Waals surface area contributed by atoms with Crippen molar-refractivity contribution >= 4 is 21.6 Å². The fourth-order valence-corrected chi connectivity index (χ4v) is 4.57. The second kappa shape index (κ2) is 10.6. The number of aryl methyl sites for hydroxylation is 2. The third-order valence-electron chi connectivity index (χ3n) is 5.70. The minimum Gasteiger partial charge on any atom is -0.493 e. The second-order valence-electron chi connectivity index (χ2n) is 8.09. The van der Waals surface area contributed by atoms with Crippen molar-refractivity contribution in [1.82, 2.24) is 4.90 Å². The Morgan fingerprint density at radius 3 is 2.18 bits per heavy atom. The van der Waals surface area contributed by atoms with E-state index >= 15 is 0 Å². The van der Waals surface area contributed by atoms with E-state index in [1.807, 2.05) is 32.0 Å². The van der Waals surface area contributed by atoms with Crippen molar-refractivity contribution in [3.05, 3.63) is 82.9 Å². The third kappa shape index (κ3) is 5.88. The van der Waals surface area contributed by atoms with Gasteiger partial charge in [-0.15, -0.1) is 0 Å². The SMILES string of the molecule is COc1ccc(CCN(C)C(=O)c2ccc(NS(=O)(=O)c3ccc(C)c(C)c3)cc2)cc1OC. The first-order valence-corrected chi connectivity index (χ1v) is 12.3. The zero-order valence-corrected chi connectivity index (χ0v) is 20.9. The standard InChI is InChI=1S/C26H30N2O5S/c1-18-6-12-23(16-19(18)2)34(30,31)27-22-10-8-21(9-11-22)26(29)28(3)15-14-20-7-13-24(32-4)25(17-20)33-5/h6-13,16-17,27H,14-15H2,1-5H3. The highest BCUT2D eigenvalue weighted by Gasteiger charge is 2.16. The fraction of sp³-hybridized carbons (Fsp3) is 0.269. The van der Waals surface area contributed by atoms with E-state index in [0.29, 0.717) is 35.7 Å². The number of hydrogen-bond acceptors (Lipinski definition) is 5. The van der Waals surface area contributed by atoms with Crippen molar-refractivity contribution in [2.75, 3.05) is 32.5 Å². The van der Waals surface area contributed by atoms with Gasteiger partial charge in [-0.05, 0) is 85.5 Å². The Balaban J connectivity index is 1.63. The molecule has 0 spiro atoms. The lowest BCUT2D eigenvalue weighted by Gasteiger charge is -2.18. The first-order valence-electron chi connectivity index (χ1n) is 10.8. The summed E-state index contributed by atoms with van der Waals surface area (Å²) in [6.07, 6.45) is 0.649. The van der Waals surface area contributed by atoms with Gasteiger partial charge >= 0.3 is 0 Å². The number of anilines is 1. The predicted octanol–water partition coefficient (Wildman–Crippen LogP) is 4.44. The number of nitrogens with zero attached hydrogens (tertiary/aromatic N) is 1. The summed E-state index contributed by atoms with van der Waals surface area (Å²) < 4.78 is 38.5. The highest BCUT2D eigenvalue weighted by Crippen LogP contribution is 2.27. The zero-order valence-electron chi connectivity index (χ0n) is 20.1. The first-order chi connectivity index (χ1) is 16.1. The Labute approximate surface area is 201 Å². The maximum absolute atomic E-state index is 12.8. The van der Waals surface area contributed by atoms with Crippen LogP contribution in [0.1, 0.15) is 27.0 Å². The third-order valence-corrected chi connectivity index (χ3v) is 7.08. The van der Waals surface area contributed by atoms with Crippen molar-refractivity contribution in [3.63, 3.8) is 0 Å². The van der Waals surface area contributed by atoms with Gasteiger partial charge in [-0.1, -0.05) is 12.1 Å². The maximum Gasteiger partial charge on any atom is 0.261 e. The molecule has 0 aliphatic carbocycles. The van der Waals surface area contributed by atoms with Crippen LogP contribution in [0.5, 0.6) is 11.5 Å². The van der Waals surface area contributed by atoms with Crippen molar-refractivity contribution in [2.45, 2.75) is 25.2 Å². The monoisotopic (exact) mass is 482 g/mol. The molecule has 3 aromatic rings. The van der Waals surface area contributed by atoms with Crippen LogP contribution in [0.15, 0.2) is 65.6 Å². The highest BCUT2D eigenvalue weighted by atomic mass is 32.2. The smallest absolute Gasteiger partial charge is 0.261 e. The largest absolute Gasteiger partial charge is 0.493 e. The van der Waals surface area contributed by atoms with Crippen LogP contribution in [0.25, 0.3) is 0 Å². The van der Waals surface area contributed by atoms with E-state index in [0.717, 1.165) is 16.7 Å². The molecule has 0 bridgehead atoms. The molecule has 180 valence electrons. The van der Waals surface area contributed by atoms with Crippen LogP contribution in [-0.2, 0) is 16.4 Å². The Morgan fingerprint density at radius 2 is 1.56 bits per heavy atom. The topological polar surface area (TPSA) is 84.9 Å². The van der Waals surface area contributed by atoms with Gasteiger partial charge in [-0.2, -0.15) is 0 Å². The van der Waals surface area contributed by atoms with E-state index in [-0.39, 0.29) is 10.8 Å². The van der Waals surface area contributed by atoms with E-state index in [1.165, 1.54) is 0 Å². The Bertz CT molecular complexity index is 1270. The molecular weight excluding hydrogens is 452 g/mol.